The van der Waals surface area contributed by atoms with Gasteiger partial charge in [-0.2, -0.15) is 0 Å². The van der Waals surface area contributed by atoms with Gasteiger partial charge in [-0.05, 0) is 24.6 Å². The van der Waals surface area contributed by atoms with Crippen LogP contribution in [0.5, 0.6) is 0 Å². The van der Waals surface area contributed by atoms with E-state index in [0.29, 0.717) is 6.61 Å². The summed E-state index contributed by atoms with van der Waals surface area (Å²) in [6, 6.07) is 2.26. The fraction of sp³-hybridized carbons (Fsp3) is 0.462. The Labute approximate surface area is 108 Å². The normalized spacial score (nSPS) is 32.6. The van der Waals surface area contributed by atoms with Crippen molar-refractivity contribution >= 4 is 5.91 Å². The van der Waals surface area contributed by atoms with Gasteiger partial charge in [0.2, 0.25) is 0 Å². The molecule has 0 radical (unpaired) electrons. The SMILES string of the molecule is NC1C2CCOC2C1NC(=O)c1cc(F)ccc1F. The van der Waals surface area contributed by atoms with Gasteiger partial charge in [0, 0.05) is 18.6 Å². The summed E-state index contributed by atoms with van der Waals surface area (Å²) in [5.41, 5.74) is 5.63. The number of halogens is 2. The van der Waals surface area contributed by atoms with Crippen molar-refractivity contribution in [3.05, 3.63) is 35.4 Å². The van der Waals surface area contributed by atoms with Crippen molar-refractivity contribution in [2.24, 2.45) is 11.7 Å². The molecule has 1 saturated carbocycles. The summed E-state index contributed by atoms with van der Waals surface area (Å²) in [6.45, 7) is 0.629. The zero-order valence-corrected chi connectivity index (χ0v) is 10.1. The summed E-state index contributed by atoms with van der Waals surface area (Å²) in [4.78, 5) is 11.9. The van der Waals surface area contributed by atoms with Gasteiger partial charge in [-0.3, -0.25) is 4.79 Å². The second-order valence-corrected chi connectivity index (χ2v) is 4.99. The van der Waals surface area contributed by atoms with Crippen molar-refractivity contribution in [3.63, 3.8) is 0 Å². The second kappa shape index (κ2) is 4.54. The van der Waals surface area contributed by atoms with Gasteiger partial charge in [0.1, 0.15) is 11.6 Å². The summed E-state index contributed by atoms with van der Waals surface area (Å²) in [5, 5.41) is 2.63. The molecule has 1 amide bonds. The molecule has 1 aromatic rings. The number of carbonyl (C=O) groups excluding carboxylic acids is 1. The zero-order chi connectivity index (χ0) is 13.6. The molecule has 3 N–H and O–H groups in total. The molecule has 4 atom stereocenters. The lowest BCUT2D eigenvalue weighted by atomic mass is 9.72. The summed E-state index contributed by atoms with van der Waals surface area (Å²) >= 11 is 0. The first-order valence-electron chi connectivity index (χ1n) is 6.21. The van der Waals surface area contributed by atoms with Crippen LogP contribution in [0.2, 0.25) is 0 Å². The molecule has 1 aliphatic carbocycles. The van der Waals surface area contributed by atoms with Gasteiger partial charge in [0.25, 0.3) is 5.91 Å². The first kappa shape index (κ1) is 12.5. The summed E-state index contributed by atoms with van der Waals surface area (Å²) in [6.07, 6.45) is 0.780. The highest BCUT2D eigenvalue weighted by Crippen LogP contribution is 2.37. The van der Waals surface area contributed by atoms with Crippen LogP contribution in [0.1, 0.15) is 16.8 Å². The minimum absolute atomic E-state index is 0.101. The van der Waals surface area contributed by atoms with E-state index >= 15 is 0 Å². The third-order valence-corrected chi connectivity index (χ3v) is 3.92. The lowest BCUT2D eigenvalue weighted by molar-refractivity contribution is -0.0161. The molecule has 6 heteroatoms. The maximum atomic E-state index is 13.5. The molecule has 1 heterocycles. The van der Waals surface area contributed by atoms with Crippen LogP contribution in [0.4, 0.5) is 8.78 Å². The fourth-order valence-electron chi connectivity index (χ4n) is 2.83. The predicted octanol–water partition coefficient (Wildman–Crippen LogP) is 0.809. The van der Waals surface area contributed by atoms with Crippen LogP contribution in [-0.2, 0) is 4.74 Å². The van der Waals surface area contributed by atoms with E-state index < -0.39 is 17.5 Å². The van der Waals surface area contributed by atoms with E-state index in [-0.39, 0.29) is 29.7 Å². The van der Waals surface area contributed by atoms with Crippen LogP contribution in [-0.4, -0.2) is 30.7 Å². The molecule has 4 unspecified atom stereocenters. The number of rotatable bonds is 2. The molecule has 1 saturated heterocycles. The summed E-state index contributed by atoms with van der Waals surface area (Å²) in [7, 11) is 0. The molecular formula is C13H14F2N2O2. The van der Waals surface area contributed by atoms with Crippen LogP contribution in [0.3, 0.4) is 0 Å². The number of carbonyl (C=O) groups is 1. The van der Waals surface area contributed by atoms with E-state index in [4.69, 9.17) is 10.5 Å². The fourth-order valence-corrected chi connectivity index (χ4v) is 2.83. The minimum Gasteiger partial charge on any atom is -0.376 e. The van der Waals surface area contributed by atoms with Gasteiger partial charge in [-0.15, -0.1) is 0 Å². The van der Waals surface area contributed by atoms with Crippen LogP contribution in [0.15, 0.2) is 18.2 Å². The van der Waals surface area contributed by atoms with E-state index in [2.05, 4.69) is 5.32 Å². The zero-order valence-electron chi connectivity index (χ0n) is 10.1. The molecule has 4 nitrogen and oxygen atoms in total. The first-order chi connectivity index (χ1) is 9.08. The quantitative estimate of drug-likeness (QED) is 0.834. The number of amides is 1. The summed E-state index contributed by atoms with van der Waals surface area (Å²) < 4.78 is 32.0. The Morgan fingerprint density at radius 1 is 1.42 bits per heavy atom. The average molecular weight is 268 g/mol. The van der Waals surface area contributed by atoms with Crippen molar-refractivity contribution in [1.82, 2.24) is 5.32 Å². The van der Waals surface area contributed by atoms with Gasteiger partial charge in [0.15, 0.2) is 0 Å². The van der Waals surface area contributed by atoms with Crippen LogP contribution >= 0.6 is 0 Å². The van der Waals surface area contributed by atoms with Crippen molar-refractivity contribution < 1.29 is 18.3 Å². The van der Waals surface area contributed by atoms with Gasteiger partial charge in [0.05, 0.1) is 17.7 Å². The largest absolute Gasteiger partial charge is 0.376 e. The molecule has 1 aliphatic heterocycles. The number of fused-ring (bicyclic) bond motifs is 1. The minimum atomic E-state index is -0.754. The molecule has 0 spiro atoms. The van der Waals surface area contributed by atoms with Crippen molar-refractivity contribution in [3.8, 4) is 0 Å². The highest BCUT2D eigenvalue weighted by molar-refractivity contribution is 5.94. The molecule has 2 aliphatic rings. The topological polar surface area (TPSA) is 64.3 Å². The highest BCUT2D eigenvalue weighted by atomic mass is 19.1. The Hall–Kier alpha value is -1.53. The Balaban J connectivity index is 1.73. The monoisotopic (exact) mass is 268 g/mol. The Morgan fingerprint density at radius 3 is 3.00 bits per heavy atom. The molecule has 1 aromatic carbocycles. The van der Waals surface area contributed by atoms with E-state index in [9.17, 15) is 13.6 Å². The molecule has 3 rings (SSSR count). The molecule has 0 bridgehead atoms. The van der Waals surface area contributed by atoms with Crippen LogP contribution < -0.4 is 11.1 Å². The van der Waals surface area contributed by atoms with Crippen molar-refractivity contribution in [2.75, 3.05) is 6.61 Å². The molecule has 102 valence electrons. The number of hydrogen-bond donors (Lipinski definition) is 2. The third-order valence-electron chi connectivity index (χ3n) is 3.92. The first-order valence-corrected chi connectivity index (χ1v) is 6.21. The van der Waals surface area contributed by atoms with E-state index in [1.54, 1.807) is 0 Å². The Kier molecular flexibility index (Phi) is 2.99. The van der Waals surface area contributed by atoms with E-state index in [0.717, 1.165) is 24.6 Å². The van der Waals surface area contributed by atoms with Crippen LogP contribution in [0.25, 0.3) is 0 Å². The Morgan fingerprint density at radius 2 is 2.21 bits per heavy atom. The molecule has 2 fully saturated rings. The maximum absolute atomic E-state index is 13.5. The molecule has 19 heavy (non-hydrogen) atoms. The highest BCUT2D eigenvalue weighted by Gasteiger charge is 2.52. The average Bonchev–Trinajstić information content (AvgIpc) is 2.83. The smallest absolute Gasteiger partial charge is 0.254 e. The Bertz CT molecular complexity index is 523. The van der Waals surface area contributed by atoms with Gasteiger partial charge < -0.3 is 15.8 Å². The van der Waals surface area contributed by atoms with Gasteiger partial charge >= 0.3 is 0 Å². The molecular weight excluding hydrogens is 254 g/mol. The third kappa shape index (κ3) is 2.01. The molecule has 0 aromatic heterocycles. The lowest BCUT2D eigenvalue weighted by Crippen LogP contribution is -2.69. The summed E-state index contributed by atoms with van der Waals surface area (Å²) in [5.74, 6) is -1.82. The lowest BCUT2D eigenvalue weighted by Gasteiger charge is -2.45. The number of benzene rings is 1. The second-order valence-electron chi connectivity index (χ2n) is 4.99. The van der Waals surface area contributed by atoms with Crippen molar-refractivity contribution in [1.29, 1.82) is 0 Å². The standard InChI is InChI=1S/C13H14F2N2O2/c14-6-1-2-9(15)8(5-6)13(18)17-11-10(16)7-3-4-19-12(7)11/h1-2,5,7,10-12H,3-4,16H2,(H,17,18). The van der Waals surface area contributed by atoms with E-state index in [1.807, 2.05) is 0 Å². The number of ether oxygens (including phenoxy) is 1. The number of nitrogens with one attached hydrogen (secondary N) is 1. The number of nitrogens with two attached hydrogens (primary N) is 1. The maximum Gasteiger partial charge on any atom is 0.254 e. The van der Waals surface area contributed by atoms with Crippen molar-refractivity contribution in [2.45, 2.75) is 24.6 Å². The van der Waals surface area contributed by atoms with Crippen LogP contribution in [0, 0.1) is 17.6 Å². The predicted molar refractivity (Wildman–Crippen MR) is 63.4 cm³/mol. The number of hydrogen-bond acceptors (Lipinski definition) is 3. The van der Waals surface area contributed by atoms with Gasteiger partial charge in [-0.25, -0.2) is 8.78 Å². The van der Waals surface area contributed by atoms with E-state index in [1.165, 1.54) is 0 Å². The van der Waals surface area contributed by atoms with Gasteiger partial charge in [-0.1, -0.05) is 0 Å².